The van der Waals surface area contributed by atoms with Crippen LogP contribution in [0.3, 0.4) is 0 Å². The van der Waals surface area contributed by atoms with Crippen LogP contribution in [0.25, 0.3) is 0 Å². The molecular formula is C20H31N2O+. The Balaban J connectivity index is 1.65. The van der Waals surface area contributed by atoms with Crippen LogP contribution in [0, 0.1) is 12.8 Å². The van der Waals surface area contributed by atoms with Gasteiger partial charge in [-0.05, 0) is 37.8 Å². The van der Waals surface area contributed by atoms with Gasteiger partial charge in [0, 0.05) is 30.4 Å². The minimum atomic E-state index is 0.110. The third-order valence-corrected chi connectivity index (χ3v) is 5.66. The van der Waals surface area contributed by atoms with Crippen molar-refractivity contribution in [3.05, 3.63) is 35.4 Å². The van der Waals surface area contributed by atoms with E-state index in [0.29, 0.717) is 6.04 Å². The zero-order chi connectivity index (χ0) is 16.4. The minimum absolute atomic E-state index is 0.110. The molecule has 2 fully saturated rings. The summed E-state index contributed by atoms with van der Waals surface area (Å²) in [5.41, 5.74) is 1.89. The molecule has 0 radical (unpaired) electrons. The van der Waals surface area contributed by atoms with E-state index in [1.54, 1.807) is 0 Å². The molecule has 0 aromatic heterocycles. The van der Waals surface area contributed by atoms with E-state index in [2.05, 4.69) is 19.2 Å². The number of benzene rings is 1. The van der Waals surface area contributed by atoms with Crippen LogP contribution >= 0.6 is 0 Å². The largest absolute Gasteiger partial charge is 0.349 e. The minimum Gasteiger partial charge on any atom is -0.349 e. The van der Waals surface area contributed by atoms with Gasteiger partial charge >= 0.3 is 0 Å². The summed E-state index contributed by atoms with van der Waals surface area (Å²) >= 11 is 0. The molecule has 1 amide bonds. The van der Waals surface area contributed by atoms with Crippen molar-refractivity contribution in [2.24, 2.45) is 5.92 Å². The number of aryl methyl sites for hydroxylation is 1. The lowest BCUT2D eigenvalue weighted by Crippen LogP contribution is -3.21. The molecular weight excluding hydrogens is 284 g/mol. The van der Waals surface area contributed by atoms with Gasteiger partial charge in [-0.15, -0.1) is 0 Å². The van der Waals surface area contributed by atoms with Crippen LogP contribution in [0.15, 0.2) is 24.3 Å². The van der Waals surface area contributed by atoms with Gasteiger partial charge in [0.15, 0.2) is 0 Å². The lowest BCUT2D eigenvalue weighted by atomic mass is 9.81. The highest BCUT2D eigenvalue weighted by molar-refractivity contribution is 5.95. The van der Waals surface area contributed by atoms with Crippen molar-refractivity contribution in [2.45, 2.75) is 71.0 Å². The second-order valence-electron chi connectivity index (χ2n) is 7.95. The summed E-state index contributed by atoms with van der Waals surface area (Å²) in [6, 6.07) is 9.73. The van der Waals surface area contributed by atoms with Crippen LogP contribution < -0.4 is 10.2 Å². The molecule has 126 valence electrons. The van der Waals surface area contributed by atoms with Crippen LogP contribution in [0.2, 0.25) is 0 Å². The van der Waals surface area contributed by atoms with Crippen molar-refractivity contribution in [1.29, 1.82) is 0 Å². The number of fused-ring (bicyclic) bond motifs is 2. The molecule has 2 heterocycles. The van der Waals surface area contributed by atoms with Crippen LogP contribution in [-0.4, -0.2) is 30.6 Å². The van der Waals surface area contributed by atoms with Crippen molar-refractivity contribution >= 4 is 5.91 Å². The Morgan fingerprint density at radius 3 is 2.48 bits per heavy atom. The average Bonchev–Trinajstić information content (AvgIpc) is 2.47. The zero-order valence-electron chi connectivity index (χ0n) is 14.8. The lowest BCUT2D eigenvalue weighted by Gasteiger charge is -2.46. The highest BCUT2D eigenvalue weighted by Crippen LogP contribution is 2.23. The van der Waals surface area contributed by atoms with E-state index >= 15 is 0 Å². The second kappa shape index (κ2) is 7.04. The molecule has 0 saturated carbocycles. The molecule has 2 aliphatic heterocycles. The molecule has 3 rings (SSSR count). The molecule has 2 N–H and O–H groups in total. The summed E-state index contributed by atoms with van der Waals surface area (Å²) in [5.74, 6) is 0.865. The summed E-state index contributed by atoms with van der Waals surface area (Å²) in [5, 5.41) is 3.33. The molecule has 23 heavy (non-hydrogen) atoms. The summed E-state index contributed by atoms with van der Waals surface area (Å²) in [6.07, 6.45) is 6.33. The standard InChI is InChI=1S/C20H30N2O/c1-14(2)13-22-17-8-6-9-18(22)12-16(11-17)21-20(23)19-10-5-4-7-15(19)3/h4-5,7,10,14,16-18H,6,8-9,11-13H2,1-3H3,(H,21,23)/p+1/t16?,17-,18+. The Morgan fingerprint density at radius 1 is 1.22 bits per heavy atom. The number of hydrogen-bond acceptors (Lipinski definition) is 1. The Labute approximate surface area is 140 Å². The number of nitrogens with one attached hydrogen (secondary N) is 2. The monoisotopic (exact) mass is 315 g/mol. The number of amides is 1. The molecule has 4 atom stereocenters. The van der Waals surface area contributed by atoms with E-state index < -0.39 is 0 Å². The van der Waals surface area contributed by atoms with Gasteiger partial charge in [0.2, 0.25) is 0 Å². The smallest absolute Gasteiger partial charge is 0.251 e. The number of piperidine rings is 2. The lowest BCUT2D eigenvalue weighted by molar-refractivity contribution is -0.963. The summed E-state index contributed by atoms with van der Waals surface area (Å²) in [4.78, 5) is 14.4. The molecule has 2 unspecified atom stereocenters. The third-order valence-electron chi connectivity index (χ3n) is 5.66. The fourth-order valence-electron chi connectivity index (χ4n) is 4.65. The normalized spacial score (nSPS) is 30.3. The van der Waals surface area contributed by atoms with Gasteiger partial charge in [-0.3, -0.25) is 4.79 Å². The number of carbonyl (C=O) groups excluding carboxylic acids is 1. The molecule has 2 aliphatic rings. The molecule has 0 aliphatic carbocycles. The molecule has 2 bridgehead atoms. The van der Waals surface area contributed by atoms with Gasteiger partial charge < -0.3 is 10.2 Å². The van der Waals surface area contributed by atoms with Gasteiger partial charge in [-0.2, -0.15) is 0 Å². The predicted octanol–water partition coefficient (Wildman–Crippen LogP) is 2.35. The van der Waals surface area contributed by atoms with E-state index in [1.807, 2.05) is 36.1 Å². The van der Waals surface area contributed by atoms with Crippen LogP contribution in [-0.2, 0) is 0 Å². The topological polar surface area (TPSA) is 33.5 Å². The summed E-state index contributed by atoms with van der Waals surface area (Å²) in [6.45, 7) is 7.95. The molecule has 3 heteroatoms. The van der Waals surface area contributed by atoms with Gasteiger partial charge in [0.1, 0.15) is 0 Å². The first-order chi connectivity index (χ1) is 11.0. The number of hydrogen-bond donors (Lipinski definition) is 2. The molecule has 2 saturated heterocycles. The number of rotatable bonds is 4. The van der Waals surface area contributed by atoms with E-state index in [9.17, 15) is 4.79 Å². The van der Waals surface area contributed by atoms with Crippen molar-refractivity contribution in [3.63, 3.8) is 0 Å². The Bertz CT molecular complexity index is 540. The van der Waals surface area contributed by atoms with Gasteiger partial charge in [-0.25, -0.2) is 0 Å². The van der Waals surface area contributed by atoms with E-state index in [4.69, 9.17) is 0 Å². The fourth-order valence-corrected chi connectivity index (χ4v) is 4.65. The molecule has 1 aromatic rings. The Morgan fingerprint density at radius 2 is 1.87 bits per heavy atom. The third kappa shape index (κ3) is 3.77. The van der Waals surface area contributed by atoms with E-state index in [1.165, 1.54) is 25.8 Å². The SMILES string of the molecule is Cc1ccccc1C(=O)NC1C[C@H]2CCC[C@@H](C1)[NH+]2CC(C)C. The number of quaternary nitrogens is 1. The maximum Gasteiger partial charge on any atom is 0.251 e. The molecule has 3 nitrogen and oxygen atoms in total. The summed E-state index contributed by atoms with van der Waals surface area (Å²) < 4.78 is 0. The zero-order valence-corrected chi connectivity index (χ0v) is 14.8. The van der Waals surface area contributed by atoms with Crippen molar-refractivity contribution in [1.82, 2.24) is 5.32 Å². The highest BCUT2D eigenvalue weighted by Gasteiger charge is 2.42. The van der Waals surface area contributed by atoms with Crippen molar-refractivity contribution in [3.8, 4) is 0 Å². The van der Waals surface area contributed by atoms with Gasteiger partial charge in [0.05, 0.1) is 18.6 Å². The van der Waals surface area contributed by atoms with Crippen LogP contribution in [0.5, 0.6) is 0 Å². The first-order valence-corrected chi connectivity index (χ1v) is 9.26. The van der Waals surface area contributed by atoms with Crippen LogP contribution in [0.4, 0.5) is 0 Å². The van der Waals surface area contributed by atoms with E-state index in [0.717, 1.165) is 42.0 Å². The van der Waals surface area contributed by atoms with Crippen molar-refractivity contribution < 1.29 is 9.69 Å². The second-order valence-corrected chi connectivity index (χ2v) is 7.95. The molecule has 1 aromatic carbocycles. The van der Waals surface area contributed by atoms with Crippen LogP contribution in [0.1, 0.15) is 61.9 Å². The van der Waals surface area contributed by atoms with E-state index in [-0.39, 0.29) is 5.91 Å². The van der Waals surface area contributed by atoms with Gasteiger partial charge in [0.25, 0.3) is 5.91 Å². The maximum absolute atomic E-state index is 12.6. The quantitative estimate of drug-likeness (QED) is 0.878. The fraction of sp³-hybridized carbons (Fsp3) is 0.650. The number of carbonyl (C=O) groups is 1. The Hall–Kier alpha value is -1.35. The summed E-state index contributed by atoms with van der Waals surface area (Å²) in [7, 11) is 0. The highest BCUT2D eigenvalue weighted by atomic mass is 16.1. The molecule has 0 spiro atoms. The maximum atomic E-state index is 12.6. The van der Waals surface area contributed by atoms with Crippen molar-refractivity contribution in [2.75, 3.05) is 6.54 Å². The van der Waals surface area contributed by atoms with Gasteiger partial charge in [-0.1, -0.05) is 32.0 Å². The first-order valence-electron chi connectivity index (χ1n) is 9.26. The predicted molar refractivity (Wildman–Crippen MR) is 93.8 cm³/mol. The Kier molecular flexibility index (Phi) is 5.05. The average molecular weight is 315 g/mol. The first kappa shape index (κ1) is 16.5.